The van der Waals surface area contributed by atoms with Crippen LogP contribution in [0.15, 0.2) is 78.2 Å². The first kappa shape index (κ1) is 16.9. The monoisotopic (exact) mass is 385 g/mol. The summed E-state index contributed by atoms with van der Waals surface area (Å²) in [5.41, 5.74) is 4.43. The molecule has 0 saturated carbocycles. The zero-order valence-corrected chi connectivity index (χ0v) is 16.5. The summed E-state index contributed by atoms with van der Waals surface area (Å²) in [5, 5.41) is 5.70. The zero-order valence-electron chi connectivity index (χ0n) is 15.7. The van der Waals surface area contributed by atoms with Gasteiger partial charge < -0.3 is 9.47 Å². The van der Waals surface area contributed by atoms with Crippen molar-refractivity contribution in [2.45, 2.75) is 0 Å². The smallest absolute Gasteiger partial charge is 0.162 e. The molecule has 0 fully saturated rings. The number of hydrogen-bond donors (Lipinski definition) is 0. The van der Waals surface area contributed by atoms with E-state index in [1.165, 1.54) is 21.8 Å². The summed E-state index contributed by atoms with van der Waals surface area (Å²) in [5.74, 6) is 1.70. The lowest BCUT2D eigenvalue weighted by molar-refractivity contribution is 0.411. The Kier molecular flexibility index (Phi) is 4.06. The number of methoxy groups -OCH3 is 2. The summed E-state index contributed by atoms with van der Waals surface area (Å²) in [6, 6.07) is 25.1. The van der Waals surface area contributed by atoms with Crippen LogP contribution in [0.5, 0.6) is 11.5 Å². The third-order valence-corrected chi connectivity index (χ3v) is 6.06. The maximum Gasteiger partial charge on any atom is 0.162 e. The molecule has 5 aromatic rings. The highest BCUT2D eigenvalue weighted by Crippen LogP contribution is 2.46. The van der Waals surface area contributed by atoms with Crippen molar-refractivity contribution in [1.29, 1.82) is 0 Å². The van der Waals surface area contributed by atoms with Gasteiger partial charge in [-0.15, -0.1) is 11.3 Å². The summed E-state index contributed by atoms with van der Waals surface area (Å²) in [6.45, 7) is 0. The van der Waals surface area contributed by atoms with E-state index in [9.17, 15) is 0 Å². The fourth-order valence-electron chi connectivity index (χ4n) is 3.88. The van der Waals surface area contributed by atoms with E-state index in [1.54, 1.807) is 25.6 Å². The van der Waals surface area contributed by atoms with Crippen LogP contribution < -0.4 is 9.47 Å². The van der Waals surface area contributed by atoms with Gasteiger partial charge >= 0.3 is 0 Å². The zero-order chi connectivity index (χ0) is 19.1. The fraction of sp³-hybridized carbons (Fsp3) is 0.0833. The first-order valence-corrected chi connectivity index (χ1v) is 9.99. The molecule has 5 rings (SSSR count). The number of thiophene rings is 1. The van der Waals surface area contributed by atoms with Crippen molar-refractivity contribution in [3.05, 3.63) is 78.2 Å². The molecular formula is C24H19NO2S. The Balaban J connectivity index is 1.83. The standard InChI is InChI=1S/C24H19NO2S/c1-26-22-14-8-5-11-18(22)19-15-28-24(23(19)27-2)25-20-12-6-3-9-16(20)17-10-4-7-13-21(17)25/h3-15H,1-2H3. The molecule has 0 radical (unpaired) electrons. The molecular weight excluding hydrogens is 366 g/mol. The Labute approximate surface area is 167 Å². The van der Waals surface area contributed by atoms with Crippen molar-refractivity contribution in [3.8, 4) is 27.6 Å². The van der Waals surface area contributed by atoms with Crippen molar-refractivity contribution in [2.75, 3.05) is 14.2 Å². The molecule has 0 spiro atoms. The number of fused-ring (bicyclic) bond motifs is 3. The molecule has 0 aliphatic carbocycles. The van der Waals surface area contributed by atoms with Crippen LogP contribution in [-0.4, -0.2) is 18.8 Å². The molecule has 0 atom stereocenters. The van der Waals surface area contributed by atoms with Gasteiger partial charge in [-0.1, -0.05) is 54.6 Å². The molecule has 3 nitrogen and oxygen atoms in total. The largest absolute Gasteiger partial charge is 0.496 e. The van der Waals surface area contributed by atoms with Crippen molar-refractivity contribution in [1.82, 2.24) is 4.57 Å². The second-order valence-electron chi connectivity index (χ2n) is 6.56. The highest BCUT2D eigenvalue weighted by atomic mass is 32.1. The minimum atomic E-state index is 0.840. The molecule has 28 heavy (non-hydrogen) atoms. The summed E-state index contributed by atoms with van der Waals surface area (Å²) in [4.78, 5) is 0. The van der Waals surface area contributed by atoms with Crippen LogP contribution in [-0.2, 0) is 0 Å². The van der Waals surface area contributed by atoms with Gasteiger partial charge in [0.15, 0.2) is 5.75 Å². The number of para-hydroxylation sites is 3. The maximum atomic E-state index is 5.93. The highest BCUT2D eigenvalue weighted by molar-refractivity contribution is 7.13. The molecule has 0 aliphatic rings. The Bertz CT molecular complexity index is 1250. The average Bonchev–Trinajstić information content (AvgIpc) is 3.32. The summed E-state index contributed by atoms with van der Waals surface area (Å²) < 4.78 is 13.8. The number of aromatic nitrogens is 1. The molecule has 4 heteroatoms. The van der Waals surface area contributed by atoms with Gasteiger partial charge in [0.25, 0.3) is 0 Å². The lowest BCUT2D eigenvalue weighted by Gasteiger charge is -2.11. The van der Waals surface area contributed by atoms with Gasteiger partial charge in [-0.05, 0) is 18.2 Å². The van der Waals surface area contributed by atoms with Crippen LogP contribution in [0.25, 0.3) is 37.9 Å². The van der Waals surface area contributed by atoms with E-state index in [-0.39, 0.29) is 0 Å². The molecule has 2 heterocycles. The van der Waals surface area contributed by atoms with Gasteiger partial charge in [-0.25, -0.2) is 0 Å². The number of ether oxygens (including phenoxy) is 2. The minimum Gasteiger partial charge on any atom is -0.496 e. The topological polar surface area (TPSA) is 23.4 Å². The molecule has 0 aliphatic heterocycles. The third-order valence-electron chi connectivity index (χ3n) is 5.11. The minimum absolute atomic E-state index is 0.840. The maximum absolute atomic E-state index is 5.93. The van der Waals surface area contributed by atoms with Crippen molar-refractivity contribution in [2.24, 2.45) is 0 Å². The number of nitrogens with zero attached hydrogens (tertiary/aromatic N) is 1. The van der Waals surface area contributed by atoms with Crippen LogP contribution >= 0.6 is 11.3 Å². The van der Waals surface area contributed by atoms with E-state index in [4.69, 9.17) is 9.47 Å². The number of benzene rings is 3. The molecule has 0 unspecified atom stereocenters. The fourth-order valence-corrected chi connectivity index (χ4v) is 4.95. The molecule has 138 valence electrons. The van der Waals surface area contributed by atoms with Crippen LogP contribution in [0, 0.1) is 0 Å². The third kappa shape index (κ3) is 2.42. The SMILES string of the molecule is COc1ccccc1-c1csc(-n2c3ccccc3c3ccccc32)c1OC. The first-order valence-electron chi connectivity index (χ1n) is 9.11. The lowest BCUT2D eigenvalue weighted by atomic mass is 10.1. The predicted octanol–water partition coefficient (Wildman–Crippen LogP) is 6.53. The summed E-state index contributed by atoms with van der Waals surface area (Å²) in [7, 11) is 3.43. The lowest BCUT2D eigenvalue weighted by Crippen LogP contribution is -1.95. The molecule has 0 amide bonds. The van der Waals surface area contributed by atoms with E-state index >= 15 is 0 Å². The normalized spacial score (nSPS) is 11.2. The van der Waals surface area contributed by atoms with E-state index in [0.717, 1.165) is 27.6 Å². The van der Waals surface area contributed by atoms with Crippen molar-refractivity contribution >= 4 is 33.1 Å². The average molecular weight is 385 g/mol. The van der Waals surface area contributed by atoms with Gasteiger partial charge in [0.1, 0.15) is 10.8 Å². The molecule has 2 aromatic heterocycles. The van der Waals surface area contributed by atoms with E-state index in [0.29, 0.717) is 0 Å². The Hall–Kier alpha value is -3.24. The van der Waals surface area contributed by atoms with Crippen LogP contribution in [0.1, 0.15) is 0 Å². The van der Waals surface area contributed by atoms with E-state index in [2.05, 4.69) is 64.5 Å². The Morgan fingerprint density at radius 2 is 1.29 bits per heavy atom. The van der Waals surface area contributed by atoms with Crippen LogP contribution in [0.3, 0.4) is 0 Å². The van der Waals surface area contributed by atoms with Gasteiger partial charge in [0.05, 0.1) is 25.3 Å². The van der Waals surface area contributed by atoms with Crippen molar-refractivity contribution in [3.63, 3.8) is 0 Å². The van der Waals surface area contributed by atoms with E-state index < -0.39 is 0 Å². The second-order valence-corrected chi connectivity index (χ2v) is 7.42. The van der Waals surface area contributed by atoms with Gasteiger partial charge in [0.2, 0.25) is 0 Å². The number of hydrogen-bond acceptors (Lipinski definition) is 3. The van der Waals surface area contributed by atoms with Gasteiger partial charge in [-0.2, -0.15) is 0 Å². The van der Waals surface area contributed by atoms with Crippen LogP contribution in [0.4, 0.5) is 0 Å². The van der Waals surface area contributed by atoms with Gasteiger partial charge in [-0.3, -0.25) is 4.57 Å². The number of rotatable bonds is 4. The molecule has 0 saturated heterocycles. The Morgan fingerprint density at radius 1 is 0.679 bits per heavy atom. The molecule has 0 N–H and O–H groups in total. The molecule has 0 bridgehead atoms. The predicted molar refractivity (Wildman–Crippen MR) is 117 cm³/mol. The Morgan fingerprint density at radius 3 is 1.93 bits per heavy atom. The molecule has 3 aromatic carbocycles. The quantitative estimate of drug-likeness (QED) is 0.351. The van der Waals surface area contributed by atoms with Crippen molar-refractivity contribution < 1.29 is 9.47 Å². The first-order chi connectivity index (χ1) is 13.8. The summed E-state index contributed by atoms with van der Waals surface area (Å²) >= 11 is 1.68. The van der Waals surface area contributed by atoms with Crippen LogP contribution in [0.2, 0.25) is 0 Å². The van der Waals surface area contributed by atoms with Gasteiger partial charge in [0, 0.05) is 27.3 Å². The second kappa shape index (κ2) is 6.73. The summed E-state index contributed by atoms with van der Waals surface area (Å²) in [6.07, 6.45) is 0. The van der Waals surface area contributed by atoms with E-state index in [1.807, 2.05) is 18.2 Å². The highest BCUT2D eigenvalue weighted by Gasteiger charge is 2.21.